The normalized spacial score (nSPS) is 22.2. The maximum absolute atomic E-state index is 13.1. The molecular weight excluding hydrogens is 311 g/mol. The highest BCUT2D eigenvalue weighted by Crippen LogP contribution is 2.28. The fourth-order valence-corrected chi connectivity index (χ4v) is 3.28. The smallest absolute Gasteiger partial charge is 0.306 e. The summed E-state index contributed by atoms with van der Waals surface area (Å²) in [5, 5.41) is 12.0. The maximum Gasteiger partial charge on any atom is 0.306 e. The van der Waals surface area contributed by atoms with Crippen molar-refractivity contribution in [2.45, 2.75) is 31.7 Å². The minimum absolute atomic E-state index is 0.119. The number of nitrogens with zero attached hydrogens (tertiary/aromatic N) is 1. The van der Waals surface area contributed by atoms with E-state index >= 15 is 0 Å². The number of amides is 1. The van der Waals surface area contributed by atoms with Crippen molar-refractivity contribution in [3.8, 4) is 0 Å². The van der Waals surface area contributed by atoms with Crippen molar-refractivity contribution in [3.05, 3.63) is 35.6 Å². The molecule has 0 saturated heterocycles. The second-order valence-corrected chi connectivity index (χ2v) is 6.72. The number of benzene rings is 1. The molecular formula is C18H25FN2O3. The first-order valence-electron chi connectivity index (χ1n) is 8.31. The van der Waals surface area contributed by atoms with Crippen LogP contribution in [0.25, 0.3) is 0 Å². The Kier molecular flexibility index (Phi) is 6.31. The third-order valence-electron chi connectivity index (χ3n) is 4.71. The molecule has 1 saturated carbocycles. The van der Waals surface area contributed by atoms with Crippen LogP contribution in [0, 0.1) is 17.7 Å². The zero-order chi connectivity index (χ0) is 17.7. The number of aliphatic carboxylic acids is 1. The molecule has 0 unspecified atom stereocenters. The van der Waals surface area contributed by atoms with E-state index in [1.165, 1.54) is 12.1 Å². The van der Waals surface area contributed by atoms with Gasteiger partial charge >= 0.3 is 5.97 Å². The lowest BCUT2D eigenvalue weighted by Gasteiger charge is -2.28. The molecule has 0 aromatic heterocycles. The molecule has 2 N–H and O–H groups in total. The molecule has 5 nitrogen and oxygen atoms in total. The van der Waals surface area contributed by atoms with E-state index in [-0.39, 0.29) is 17.6 Å². The molecule has 1 aliphatic carbocycles. The summed E-state index contributed by atoms with van der Waals surface area (Å²) in [7, 11) is 3.62. The van der Waals surface area contributed by atoms with Crippen LogP contribution < -0.4 is 5.32 Å². The minimum atomic E-state index is -0.721. The van der Waals surface area contributed by atoms with Crippen LogP contribution in [0.3, 0.4) is 0 Å². The fourth-order valence-electron chi connectivity index (χ4n) is 3.28. The van der Waals surface area contributed by atoms with E-state index in [0.717, 1.165) is 18.4 Å². The second-order valence-electron chi connectivity index (χ2n) is 6.72. The topological polar surface area (TPSA) is 69.6 Å². The van der Waals surface area contributed by atoms with E-state index in [4.69, 9.17) is 5.11 Å². The van der Waals surface area contributed by atoms with Gasteiger partial charge in [0.05, 0.1) is 5.92 Å². The van der Waals surface area contributed by atoms with Crippen molar-refractivity contribution in [1.29, 1.82) is 0 Å². The zero-order valence-corrected chi connectivity index (χ0v) is 14.2. The number of rotatable bonds is 6. The molecule has 0 radical (unpaired) electrons. The molecule has 6 heteroatoms. The summed E-state index contributed by atoms with van der Waals surface area (Å²) in [6.45, 7) is 0.552. The summed E-state index contributed by atoms with van der Waals surface area (Å²) >= 11 is 0. The van der Waals surface area contributed by atoms with Gasteiger partial charge in [-0.05, 0) is 63.4 Å². The lowest BCUT2D eigenvalue weighted by Crippen LogP contribution is -2.40. The van der Waals surface area contributed by atoms with E-state index in [9.17, 15) is 14.0 Å². The second kappa shape index (κ2) is 8.24. The Morgan fingerprint density at radius 2 is 1.79 bits per heavy atom. The molecule has 0 spiro atoms. The van der Waals surface area contributed by atoms with Crippen molar-refractivity contribution in [1.82, 2.24) is 10.2 Å². The van der Waals surface area contributed by atoms with Crippen molar-refractivity contribution in [2.24, 2.45) is 11.8 Å². The van der Waals surface area contributed by atoms with Crippen LogP contribution in [-0.4, -0.2) is 42.5 Å². The van der Waals surface area contributed by atoms with Gasteiger partial charge in [-0.15, -0.1) is 0 Å². The van der Waals surface area contributed by atoms with Crippen molar-refractivity contribution < 1.29 is 19.1 Å². The van der Waals surface area contributed by atoms with Crippen LogP contribution in [0.15, 0.2) is 24.3 Å². The maximum atomic E-state index is 13.1. The molecule has 1 atom stereocenters. The first-order valence-corrected chi connectivity index (χ1v) is 8.31. The predicted molar refractivity (Wildman–Crippen MR) is 88.9 cm³/mol. The summed E-state index contributed by atoms with van der Waals surface area (Å²) in [5.41, 5.74) is 0.744. The van der Waals surface area contributed by atoms with Crippen LogP contribution in [0.2, 0.25) is 0 Å². The van der Waals surface area contributed by atoms with Crippen LogP contribution in [0.5, 0.6) is 0 Å². The third-order valence-corrected chi connectivity index (χ3v) is 4.71. The van der Waals surface area contributed by atoms with E-state index in [2.05, 4.69) is 5.32 Å². The number of carboxylic acids is 1. The highest BCUT2D eigenvalue weighted by Gasteiger charge is 2.27. The van der Waals surface area contributed by atoms with Crippen LogP contribution >= 0.6 is 0 Å². The van der Waals surface area contributed by atoms with Crippen LogP contribution in [0.4, 0.5) is 4.39 Å². The molecule has 2 rings (SSSR count). The van der Waals surface area contributed by atoms with E-state index in [1.54, 1.807) is 17.0 Å². The molecule has 1 aromatic rings. The van der Waals surface area contributed by atoms with Gasteiger partial charge in [-0.1, -0.05) is 12.1 Å². The van der Waals surface area contributed by atoms with Gasteiger partial charge in [-0.25, -0.2) is 4.39 Å². The quantitative estimate of drug-likeness (QED) is 0.837. The van der Waals surface area contributed by atoms with E-state index in [1.807, 2.05) is 14.1 Å². The molecule has 24 heavy (non-hydrogen) atoms. The van der Waals surface area contributed by atoms with Gasteiger partial charge in [0.1, 0.15) is 11.9 Å². The van der Waals surface area contributed by atoms with Gasteiger partial charge in [0, 0.05) is 6.54 Å². The predicted octanol–water partition coefficient (Wildman–Crippen LogP) is 2.44. The van der Waals surface area contributed by atoms with Gasteiger partial charge in [0.2, 0.25) is 5.91 Å². The van der Waals surface area contributed by atoms with Crippen molar-refractivity contribution in [2.75, 3.05) is 20.6 Å². The Morgan fingerprint density at radius 3 is 2.29 bits per heavy atom. The zero-order valence-electron chi connectivity index (χ0n) is 14.2. The van der Waals surface area contributed by atoms with Crippen molar-refractivity contribution in [3.63, 3.8) is 0 Å². The summed E-state index contributed by atoms with van der Waals surface area (Å²) in [5.74, 6) is -1.09. The molecule has 132 valence electrons. The lowest BCUT2D eigenvalue weighted by molar-refractivity contribution is -0.143. The molecule has 0 bridgehead atoms. The summed E-state index contributed by atoms with van der Waals surface area (Å²) < 4.78 is 13.1. The van der Waals surface area contributed by atoms with Gasteiger partial charge in [0.25, 0.3) is 0 Å². The fraction of sp³-hybridized carbons (Fsp3) is 0.556. The molecule has 0 heterocycles. The Hall–Kier alpha value is -1.95. The first kappa shape index (κ1) is 18.4. The number of carbonyl (C=O) groups excluding carboxylic acids is 1. The Morgan fingerprint density at radius 1 is 1.21 bits per heavy atom. The number of carbonyl (C=O) groups is 2. The molecule has 1 aliphatic rings. The van der Waals surface area contributed by atoms with Gasteiger partial charge < -0.3 is 10.4 Å². The Labute approximate surface area is 141 Å². The summed E-state index contributed by atoms with van der Waals surface area (Å²) in [4.78, 5) is 25.3. The van der Waals surface area contributed by atoms with Crippen LogP contribution in [0.1, 0.15) is 37.3 Å². The molecule has 1 aromatic carbocycles. The van der Waals surface area contributed by atoms with Gasteiger partial charge in [-0.2, -0.15) is 0 Å². The average Bonchev–Trinajstić information content (AvgIpc) is 2.55. The average molecular weight is 336 g/mol. The number of hydrogen-bond donors (Lipinski definition) is 2. The number of carboxylic acid groups (broad SMARTS) is 1. The SMILES string of the molecule is CN(C)[C@@H](C(=O)NCC1CCC(C(=O)O)CC1)c1ccc(F)cc1. The largest absolute Gasteiger partial charge is 0.481 e. The number of hydrogen-bond acceptors (Lipinski definition) is 3. The first-order chi connectivity index (χ1) is 11.4. The summed E-state index contributed by atoms with van der Waals surface area (Å²) in [6.07, 6.45) is 2.98. The standard InChI is InChI=1S/C18H25FN2O3/c1-21(2)16(13-7-9-15(19)10-8-13)17(22)20-11-12-3-5-14(6-4-12)18(23)24/h7-10,12,14,16H,3-6,11H2,1-2H3,(H,20,22)(H,23,24)/t12?,14?,16-/m1/s1. The lowest BCUT2D eigenvalue weighted by atomic mass is 9.82. The number of halogens is 1. The number of nitrogens with one attached hydrogen (secondary N) is 1. The van der Waals surface area contributed by atoms with E-state index in [0.29, 0.717) is 25.3 Å². The Bertz CT molecular complexity index is 566. The Balaban J connectivity index is 1.90. The van der Waals surface area contributed by atoms with E-state index < -0.39 is 12.0 Å². The molecule has 1 amide bonds. The highest BCUT2D eigenvalue weighted by atomic mass is 19.1. The minimum Gasteiger partial charge on any atom is -0.481 e. The van der Waals surface area contributed by atoms with Crippen LogP contribution in [-0.2, 0) is 9.59 Å². The van der Waals surface area contributed by atoms with Crippen molar-refractivity contribution >= 4 is 11.9 Å². The highest BCUT2D eigenvalue weighted by molar-refractivity contribution is 5.83. The molecule has 0 aliphatic heterocycles. The van der Waals surface area contributed by atoms with Gasteiger partial charge in [-0.3, -0.25) is 14.5 Å². The van der Waals surface area contributed by atoms with Gasteiger partial charge in [0.15, 0.2) is 0 Å². The molecule has 1 fully saturated rings. The summed E-state index contributed by atoms with van der Waals surface area (Å²) in [6, 6.07) is 5.48. The monoisotopic (exact) mass is 336 g/mol. The number of likely N-dealkylation sites (N-methyl/N-ethyl adjacent to an activating group) is 1. The third kappa shape index (κ3) is 4.77.